The highest BCUT2D eigenvalue weighted by Gasteiger charge is 2.36. The number of hydrazone groups is 1. The molecule has 0 bridgehead atoms. The van der Waals surface area contributed by atoms with Crippen LogP contribution in [0.1, 0.15) is 25.0 Å². The number of hydrogen-bond donors (Lipinski definition) is 1. The van der Waals surface area contributed by atoms with Crippen LogP contribution in [-0.2, 0) is 11.4 Å². The Morgan fingerprint density at radius 1 is 1.27 bits per heavy atom. The normalized spacial score (nSPS) is 16.8. The van der Waals surface area contributed by atoms with Crippen LogP contribution in [0.2, 0.25) is 0 Å². The van der Waals surface area contributed by atoms with Crippen LogP contribution < -0.4 is 9.47 Å². The van der Waals surface area contributed by atoms with Crippen molar-refractivity contribution in [1.82, 2.24) is 5.01 Å². The molecule has 2 aliphatic rings. The summed E-state index contributed by atoms with van der Waals surface area (Å²) in [7, 11) is 1.51. The topological polar surface area (TPSA) is 87.3 Å². The first-order chi connectivity index (χ1) is 15.8. The Kier molecular flexibility index (Phi) is 6.66. The molecular formula is C23H20BrFN4O3S. The lowest BCUT2D eigenvalue weighted by atomic mass is 10.1. The lowest BCUT2D eigenvalue weighted by Crippen LogP contribution is -2.35. The van der Waals surface area contributed by atoms with Gasteiger partial charge in [-0.1, -0.05) is 26.0 Å². The second-order valence-corrected chi connectivity index (χ2v) is 9.40. The van der Waals surface area contributed by atoms with Gasteiger partial charge in [-0.25, -0.2) is 4.39 Å². The van der Waals surface area contributed by atoms with Crippen molar-refractivity contribution in [3.05, 3.63) is 63.4 Å². The first-order valence-electron chi connectivity index (χ1n) is 10.0. The van der Waals surface area contributed by atoms with Crippen LogP contribution >= 0.6 is 27.7 Å². The highest BCUT2D eigenvalue weighted by Crippen LogP contribution is 2.38. The highest BCUT2D eigenvalue weighted by atomic mass is 79.9. The standard InChI is InChI=1S/C23H20BrFN4O3S/c1-12(2)22-28-29-20(26)16(21(30)27-23(29)33-22)8-14-9-17(24)19(18(10-14)31-3)32-11-13-4-6-15(25)7-5-13/h4-10,12,26H,11H2,1-3H3/b16-8+,26-20?. The predicted octanol–water partition coefficient (Wildman–Crippen LogP) is 5.45. The Labute approximate surface area is 203 Å². The van der Waals surface area contributed by atoms with Crippen molar-refractivity contribution in [2.24, 2.45) is 16.0 Å². The summed E-state index contributed by atoms with van der Waals surface area (Å²) in [4.78, 5) is 16.7. The van der Waals surface area contributed by atoms with Crippen LogP contribution in [0.15, 0.2) is 56.5 Å². The first-order valence-corrected chi connectivity index (χ1v) is 11.6. The molecule has 0 spiro atoms. The van der Waals surface area contributed by atoms with E-state index < -0.39 is 5.91 Å². The molecule has 2 aliphatic heterocycles. The minimum Gasteiger partial charge on any atom is -0.493 e. The third kappa shape index (κ3) is 4.86. The number of rotatable bonds is 6. The summed E-state index contributed by atoms with van der Waals surface area (Å²) < 4.78 is 25.1. The van der Waals surface area contributed by atoms with E-state index in [1.807, 2.05) is 13.8 Å². The lowest BCUT2D eigenvalue weighted by Gasteiger charge is -2.20. The fourth-order valence-corrected chi connectivity index (χ4v) is 4.57. The molecule has 2 aromatic rings. The van der Waals surface area contributed by atoms with Gasteiger partial charge in [-0.2, -0.15) is 15.1 Å². The van der Waals surface area contributed by atoms with Crippen molar-refractivity contribution in [2.75, 3.05) is 7.11 Å². The van der Waals surface area contributed by atoms with Gasteiger partial charge in [-0.05, 0) is 69.2 Å². The molecule has 7 nitrogen and oxygen atoms in total. The molecule has 0 aromatic heterocycles. The van der Waals surface area contributed by atoms with Gasteiger partial charge in [0.25, 0.3) is 5.91 Å². The number of carbonyl (C=O) groups excluding carboxylic acids is 1. The van der Waals surface area contributed by atoms with Gasteiger partial charge in [0.15, 0.2) is 17.3 Å². The maximum Gasteiger partial charge on any atom is 0.283 e. The Bertz CT molecular complexity index is 1220. The molecule has 2 aromatic carbocycles. The number of carbonyl (C=O) groups is 1. The molecular weight excluding hydrogens is 511 g/mol. The zero-order valence-electron chi connectivity index (χ0n) is 18.1. The molecule has 0 radical (unpaired) electrons. The van der Waals surface area contributed by atoms with Crippen LogP contribution in [-0.4, -0.2) is 34.1 Å². The number of halogens is 2. The zero-order chi connectivity index (χ0) is 23.7. The van der Waals surface area contributed by atoms with Crippen LogP contribution in [0.25, 0.3) is 6.08 Å². The van der Waals surface area contributed by atoms with E-state index in [4.69, 9.17) is 14.9 Å². The third-order valence-corrected chi connectivity index (χ3v) is 6.62. The fourth-order valence-electron chi connectivity index (χ4n) is 3.11. The van der Waals surface area contributed by atoms with E-state index in [9.17, 15) is 9.18 Å². The molecule has 0 unspecified atom stereocenters. The monoisotopic (exact) mass is 530 g/mol. The van der Waals surface area contributed by atoms with Crippen molar-refractivity contribution in [3.8, 4) is 11.5 Å². The summed E-state index contributed by atoms with van der Waals surface area (Å²) in [5.74, 6) is 0.241. The number of ether oxygens (including phenoxy) is 2. The molecule has 0 atom stereocenters. The number of benzene rings is 2. The smallest absolute Gasteiger partial charge is 0.283 e. The van der Waals surface area contributed by atoms with Gasteiger partial charge in [-0.15, -0.1) is 0 Å². The van der Waals surface area contributed by atoms with Gasteiger partial charge >= 0.3 is 0 Å². The second kappa shape index (κ2) is 9.48. The van der Waals surface area contributed by atoms with Gasteiger partial charge in [0.2, 0.25) is 5.17 Å². The molecule has 170 valence electrons. The number of thioether (sulfide) groups is 1. The quantitative estimate of drug-likeness (QED) is 0.501. The van der Waals surface area contributed by atoms with E-state index in [1.165, 1.54) is 36.0 Å². The first kappa shape index (κ1) is 23.2. The summed E-state index contributed by atoms with van der Waals surface area (Å²) >= 11 is 4.80. The summed E-state index contributed by atoms with van der Waals surface area (Å²) in [6, 6.07) is 9.51. The molecule has 0 aliphatic carbocycles. The van der Waals surface area contributed by atoms with Crippen molar-refractivity contribution >= 4 is 55.7 Å². The lowest BCUT2D eigenvalue weighted by molar-refractivity contribution is -0.114. The zero-order valence-corrected chi connectivity index (χ0v) is 20.5. The van der Waals surface area contributed by atoms with Crippen molar-refractivity contribution in [3.63, 3.8) is 0 Å². The number of methoxy groups -OCH3 is 1. The van der Waals surface area contributed by atoms with Crippen LogP contribution in [0.3, 0.4) is 0 Å². The molecule has 0 fully saturated rings. The maximum atomic E-state index is 13.1. The number of amides is 1. The minimum absolute atomic E-state index is 0.0279. The van der Waals surface area contributed by atoms with Crippen molar-refractivity contribution in [1.29, 1.82) is 5.41 Å². The van der Waals surface area contributed by atoms with E-state index >= 15 is 0 Å². The number of aliphatic imine (C=N–C) groups is 1. The number of nitrogens with one attached hydrogen (secondary N) is 1. The van der Waals surface area contributed by atoms with E-state index in [0.717, 1.165) is 10.6 Å². The minimum atomic E-state index is -0.495. The van der Waals surface area contributed by atoms with Crippen LogP contribution in [0, 0.1) is 17.1 Å². The number of nitrogens with zero attached hydrogens (tertiary/aromatic N) is 3. The molecule has 33 heavy (non-hydrogen) atoms. The SMILES string of the molecule is COc1cc(/C=C2\C(=N)N3N=C(C(C)C)SC3=NC2=O)cc(Br)c1OCc1ccc(F)cc1. The van der Waals surface area contributed by atoms with Gasteiger partial charge in [0.1, 0.15) is 17.5 Å². The maximum absolute atomic E-state index is 13.1. The summed E-state index contributed by atoms with van der Waals surface area (Å²) in [6.45, 7) is 4.21. The summed E-state index contributed by atoms with van der Waals surface area (Å²) in [5.41, 5.74) is 1.55. The van der Waals surface area contributed by atoms with Gasteiger partial charge in [-0.3, -0.25) is 10.2 Å². The average Bonchev–Trinajstić information content (AvgIpc) is 3.21. The van der Waals surface area contributed by atoms with Crippen molar-refractivity contribution in [2.45, 2.75) is 20.5 Å². The average molecular weight is 531 g/mol. The largest absolute Gasteiger partial charge is 0.493 e. The van der Waals surface area contributed by atoms with Crippen LogP contribution in [0.5, 0.6) is 11.5 Å². The molecule has 1 amide bonds. The fraction of sp³-hybridized carbons (Fsp3) is 0.217. The number of hydrogen-bond acceptors (Lipinski definition) is 6. The molecule has 1 N–H and O–H groups in total. The molecule has 10 heteroatoms. The van der Waals surface area contributed by atoms with Crippen molar-refractivity contribution < 1.29 is 18.7 Å². The molecule has 4 rings (SSSR count). The van der Waals surface area contributed by atoms with Gasteiger partial charge in [0.05, 0.1) is 17.2 Å². The summed E-state index contributed by atoms with van der Waals surface area (Å²) in [5, 5.41) is 15.5. The summed E-state index contributed by atoms with van der Waals surface area (Å²) in [6.07, 6.45) is 1.58. The Hall–Kier alpha value is -2.98. The van der Waals surface area contributed by atoms with Crippen LogP contribution in [0.4, 0.5) is 4.39 Å². The second-order valence-electron chi connectivity index (χ2n) is 7.56. The number of fused-ring (bicyclic) bond motifs is 1. The predicted molar refractivity (Wildman–Crippen MR) is 131 cm³/mol. The Morgan fingerprint density at radius 2 is 2.00 bits per heavy atom. The van der Waals surface area contributed by atoms with E-state index in [1.54, 1.807) is 30.3 Å². The van der Waals surface area contributed by atoms with E-state index in [0.29, 0.717) is 26.7 Å². The van der Waals surface area contributed by atoms with E-state index in [2.05, 4.69) is 26.0 Å². The Morgan fingerprint density at radius 3 is 2.67 bits per heavy atom. The Balaban J connectivity index is 1.60. The highest BCUT2D eigenvalue weighted by molar-refractivity contribution is 9.10. The van der Waals surface area contributed by atoms with Gasteiger partial charge in [0, 0.05) is 5.92 Å². The van der Waals surface area contributed by atoms with E-state index in [-0.39, 0.29) is 29.8 Å². The third-order valence-electron chi connectivity index (χ3n) is 4.82. The molecule has 2 heterocycles. The molecule has 0 saturated carbocycles. The van der Waals surface area contributed by atoms with Gasteiger partial charge < -0.3 is 9.47 Å². The molecule has 0 saturated heterocycles. The number of amidine groups is 2.